The molecule has 0 aliphatic carbocycles. The highest BCUT2D eigenvalue weighted by Crippen LogP contribution is 2.29. The summed E-state index contributed by atoms with van der Waals surface area (Å²) in [5.74, 6) is -1.28. The lowest BCUT2D eigenvalue weighted by atomic mass is 10.2. The molecule has 0 fully saturated rings. The molecule has 1 N–H and O–H groups in total. The number of ether oxygens (including phenoxy) is 1. The van der Waals surface area contributed by atoms with Crippen molar-refractivity contribution in [2.24, 2.45) is 0 Å². The Kier molecular flexibility index (Phi) is 5.98. The van der Waals surface area contributed by atoms with E-state index in [0.717, 1.165) is 30.2 Å². The monoisotopic (exact) mass is 333 g/mol. The molecule has 0 aliphatic heterocycles. The Morgan fingerprint density at radius 3 is 2.81 bits per heavy atom. The van der Waals surface area contributed by atoms with Gasteiger partial charge in [0, 0.05) is 26.6 Å². The Morgan fingerprint density at radius 1 is 1.24 bits per heavy atom. The van der Waals surface area contributed by atoms with Crippen LogP contribution in [0.4, 0.5) is 8.78 Å². The largest absolute Gasteiger partial charge is 0.383 e. The van der Waals surface area contributed by atoms with Crippen LogP contribution in [0.15, 0.2) is 12.1 Å². The van der Waals surface area contributed by atoms with Crippen molar-refractivity contribution in [1.82, 2.24) is 15.5 Å². The molecular weight excluding hydrogens is 320 g/mol. The van der Waals surface area contributed by atoms with Crippen molar-refractivity contribution in [3.63, 3.8) is 0 Å². The summed E-state index contributed by atoms with van der Waals surface area (Å²) in [6, 6.07) is 1.98. The molecule has 0 spiro atoms. The van der Waals surface area contributed by atoms with Crippen molar-refractivity contribution in [2.45, 2.75) is 6.42 Å². The summed E-state index contributed by atoms with van der Waals surface area (Å²) in [5.41, 5.74) is 0.0768. The average molecular weight is 334 g/mol. The first kappa shape index (κ1) is 16.2. The van der Waals surface area contributed by atoms with E-state index in [1.54, 1.807) is 7.11 Å². The van der Waals surface area contributed by atoms with Crippen LogP contribution in [0.5, 0.6) is 0 Å². The Morgan fingerprint density at radius 2 is 2.05 bits per heavy atom. The summed E-state index contributed by atoms with van der Waals surface area (Å²) in [6.45, 7) is 2.10. The number of nitrogens with one attached hydrogen (secondary N) is 1. The van der Waals surface area contributed by atoms with E-state index < -0.39 is 11.6 Å². The zero-order valence-corrected chi connectivity index (χ0v) is 12.9. The lowest BCUT2D eigenvalue weighted by Crippen LogP contribution is -2.21. The topological polar surface area (TPSA) is 47.0 Å². The Bertz CT molecular complexity index is 609. The van der Waals surface area contributed by atoms with Gasteiger partial charge in [-0.2, -0.15) is 0 Å². The molecule has 1 aromatic heterocycles. The SMILES string of the molecule is COCCNCCc1nnc(-c2cc(F)c(Cl)cc2F)s1. The lowest BCUT2D eigenvalue weighted by molar-refractivity contribution is 0.199. The number of methoxy groups -OCH3 is 1. The molecule has 0 aliphatic rings. The number of benzene rings is 1. The van der Waals surface area contributed by atoms with Crippen LogP contribution in [-0.2, 0) is 11.2 Å². The van der Waals surface area contributed by atoms with Gasteiger partial charge in [-0.15, -0.1) is 10.2 Å². The van der Waals surface area contributed by atoms with Crippen LogP contribution in [0.3, 0.4) is 0 Å². The first-order chi connectivity index (χ1) is 10.1. The molecule has 0 radical (unpaired) electrons. The van der Waals surface area contributed by atoms with Gasteiger partial charge in [0.05, 0.1) is 17.2 Å². The van der Waals surface area contributed by atoms with E-state index in [9.17, 15) is 8.78 Å². The van der Waals surface area contributed by atoms with Gasteiger partial charge in [0.2, 0.25) is 0 Å². The van der Waals surface area contributed by atoms with Gasteiger partial charge in [0.25, 0.3) is 0 Å². The highest BCUT2D eigenvalue weighted by atomic mass is 35.5. The molecule has 1 heterocycles. The molecule has 21 heavy (non-hydrogen) atoms. The van der Waals surface area contributed by atoms with E-state index >= 15 is 0 Å². The van der Waals surface area contributed by atoms with E-state index in [2.05, 4.69) is 15.5 Å². The molecule has 0 saturated carbocycles. The predicted molar refractivity (Wildman–Crippen MR) is 78.7 cm³/mol. The maximum absolute atomic E-state index is 13.8. The summed E-state index contributed by atoms with van der Waals surface area (Å²) in [5, 5.41) is 11.9. The Labute approximate surface area is 130 Å². The van der Waals surface area contributed by atoms with Crippen LogP contribution in [0, 0.1) is 11.6 Å². The molecule has 8 heteroatoms. The van der Waals surface area contributed by atoms with E-state index in [-0.39, 0.29) is 10.6 Å². The number of halogens is 3. The molecule has 2 rings (SSSR count). The van der Waals surface area contributed by atoms with Gasteiger partial charge in [-0.05, 0) is 12.1 Å². The smallest absolute Gasteiger partial charge is 0.150 e. The van der Waals surface area contributed by atoms with Crippen molar-refractivity contribution in [3.05, 3.63) is 33.8 Å². The molecule has 114 valence electrons. The molecule has 0 saturated heterocycles. The fourth-order valence-corrected chi connectivity index (χ4v) is 2.65. The van der Waals surface area contributed by atoms with Crippen molar-refractivity contribution in [1.29, 1.82) is 0 Å². The summed E-state index contributed by atoms with van der Waals surface area (Å²) in [4.78, 5) is 0. The second kappa shape index (κ2) is 7.74. The molecule has 0 atom stereocenters. The van der Waals surface area contributed by atoms with E-state index in [1.165, 1.54) is 11.3 Å². The van der Waals surface area contributed by atoms with E-state index in [1.807, 2.05) is 0 Å². The third-order valence-corrected chi connectivity index (χ3v) is 4.01. The molecule has 2 aromatic rings. The number of hydrogen-bond donors (Lipinski definition) is 1. The van der Waals surface area contributed by atoms with Crippen molar-refractivity contribution in [3.8, 4) is 10.6 Å². The quantitative estimate of drug-likeness (QED) is 0.625. The first-order valence-corrected chi connectivity index (χ1v) is 7.48. The highest BCUT2D eigenvalue weighted by molar-refractivity contribution is 7.14. The van der Waals surface area contributed by atoms with Gasteiger partial charge < -0.3 is 10.1 Å². The zero-order valence-electron chi connectivity index (χ0n) is 11.3. The summed E-state index contributed by atoms with van der Waals surface area (Å²) in [7, 11) is 1.64. The molecule has 0 amide bonds. The number of rotatable bonds is 7. The van der Waals surface area contributed by atoms with Gasteiger partial charge >= 0.3 is 0 Å². The predicted octanol–water partition coefficient (Wildman–Crippen LogP) is 2.92. The summed E-state index contributed by atoms with van der Waals surface area (Å²) >= 11 is 6.76. The van der Waals surface area contributed by atoms with Gasteiger partial charge in [-0.25, -0.2) is 8.78 Å². The lowest BCUT2D eigenvalue weighted by Gasteiger charge is -2.01. The number of hydrogen-bond acceptors (Lipinski definition) is 5. The molecular formula is C13H14ClF2N3OS. The fraction of sp³-hybridized carbons (Fsp3) is 0.385. The minimum atomic E-state index is -0.675. The first-order valence-electron chi connectivity index (χ1n) is 6.28. The molecule has 0 bridgehead atoms. The van der Waals surface area contributed by atoms with Gasteiger partial charge in [0.1, 0.15) is 16.6 Å². The highest BCUT2D eigenvalue weighted by Gasteiger charge is 2.14. The maximum atomic E-state index is 13.8. The standard InChI is InChI=1S/C13H14ClF2N3OS/c1-20-5-4-17-3-2-12-18-19-13(21-12)8-6-11(16)9(14)7-10(8)15/h6-7,17H,2-5H2,1H3. The Hall–Kier alpha value is -1.15. The van der Waals surface area contributed by atoms with Gasteiger partial charge in [-0.3, -0.25) is 0 Å². The molecule has 4 nitrogen and oxygen atoms in total. The third-order valence-electron chi connectivity index (χ3n) is 2.71. The Balaban J connectivity index is 2.01. The van der Waals surface area contributed by atoms with Crippen LogP contribution >= 0.6 is 22.9 Å². The van der Waals surface area contributed by atoms with Crippen LogP contribution < -0.4 is 5.32 Å². The molecule has 1 aromatic carbocycles. The van der Waals surface area contributed by atoms with Gasteiger partial charge in [-0.1, -0.05) is 22.9 Å². The zero-order chi connectivity index (χ0) is 15.2. The van der Waals surface area contributed by atoms with Crippen LogP contribution in [-0.4, -0.2) is 37.0 Å². The van der Waals surface area contributed by atoms with Crippen molar-refractivity contribution < 1.29 is 13.5 Å². The number of nitrogens with zero attached hydrogens (tertiary/aromatic N) is 2. The fourth-order valence-electron chi connectivity index (χ4n) is 1.64. The minimum Gasteiger partial charge on any atom is -0.383 e. The van der Waals surface area contributed by atoms with E-state index in [0.29, 0.717) is 18.0 Å². The summed E-state index contributed by atoms with van der Waals surface area (Å²) in [6.07, 6.45) is 0.666. The van der Waals surface area contributed by atoms with Crippen LogP contribution in [0.1, 0.15) is 5.01 Å². The van der Waals surface area contributed by atoms with Crippen molar-refractivity contribution >= 4 is 22.9 Å². The van der Waals surface area contributed by atoms with E-state index in [4.69, 9.17) is 16.3 Å². The van der Waals surface area contributed by atoms with Crippen LogP contribution in [0.2, 0.25) is 5.02 Å². The molecule has 0 unspecified atom stereocenters. The average Bonchev–Trinajstić information content (AvgIpc) is 2.91. The normalized spacial score (nSPS) is 11.0. The summed E-state index contributed by atoms with van der Waals surface area (Å²) < 4.78 is 32.1. The van der Waals surface area contributed by atoms with Crippen LogP contribution in [0.25, 0.3) is 10.6 Å². The van der Waals surface area contributed by atoms with Crippen molar-refractivity contribution in [2.75, 3.05) is 26.8 Å². The second-order valence-electron chi connectivity index (χ2n) is 4.24. The minimum absolute atomic E-state index is 0.0768. The maximum Gasteiger partial charge on any atom is 0.150 e. The number of aromatic nitrogens is 2. The van der Waals surface area contributed by atoms with Gasteiger partial charge in [0.15, 0.2) is 5.01 Å². The second-order valence-corrected chi connectivity index (χ2v) is 5.71. The third kappa shape index (κ3) is 4.41.